The zero-order valence-electron chi connectivity index (χ0n) is 26.0. The van der Waals surface area contributed by atoms with Crippen LogP contribution in [-0.4, -0.2) is 85.3 Å². The van der Waals surface area contributed by atoms with Gasteiger partial charge in [0.05, 0.1) is 18.1 Å². The van der Waals surface area contributed by atoms with Gasteiger partial charge in [-0.1, -0.05) is 41.9 Å². The number of carbonyl (C=O) groups excluding carboxylic acids is 2. The van der Waals surface area contributed by atoms with Gasteiger partial charge in [-0.05, 0) is 64.3 Å². The molecule has 2 amide bonds. The maximum atomic E-state index is 12.7. The number of amides is 2. The highest BCUT2D eigenvalue weighted by atomic mass is 35.5. The summed E-state index contributed by atoms with van der Waals surface area (Å²) < 4.78 is 19.6. The molecule has 1 aliphatic heterocycles. The van der Waals surface area contributed by atoms with Crippen molar-refractivity contribution >= 4 is 34.8 Å². The number of fused-ring (bicyclic) bond motifs is 1. The minimum Gasteiger partial charge on any atom is -0.492 e. The molecule has 1 aliphatic carbocycles. The molecule has 0 unspecified atom stereocenters. The van der Waals surface area contributed by atoms with Crippen LogP contribution in [0.3, 0.4) is 0 Å². The first-order chi connectivity index (χ1) is 21.5. The Morgan fingerprint density at radius 3 is 2.53 bits per heavy atom. The first-order valence-electron chi connectivity index (χ1n) is 15.1. The van der Waals surface area contributed by atoms with Crippen LogP contribution in [0.4, 0.5) is 4.79 Å². The van der Waals surface area contributed by atoms with Gasteiger partial charge in [-0.25, -0.2) is 14.8 Å². The van der Waals surface area contributed by atoms with E-state index in [0.717, 1.165) is 24.0 Å². The lowest BCUT2D eigenvalue weighted by Crippen LogP contribution is -2.53. The largest absolute Gasteiger partial charge is 0.492 e. The van der Waals surface area contributed by atoms with Crippen LogP contribution in [0, 0.1) is 0 Å². The molecule has 236 valence electrons. The number of aromatic nitrogens is 4. The topological polar surface area (TPSA) is 112 Å². The summed E-state index contributed by atoms with van der Waals surface area (Å²) in [6.45, 7) is 9.45. The Morgan fingerprint density at radius 2 is 1.84 bits per heavy atom. The maximum absolute atomic E-state index is 12.7. The van der Waals surface area contributed by atoms with E-state index in [0.29, 0.717) is 59.8 Å². The van der Waals surface area contributed by atoms with Crippen LogP contribution >= 0.6 is 11.6 Å². The lowest BCUT2D eigenvalue weighted by atomic mass is 10.2. The number of piperazine rings is 1. The molecule has 45 heavy (non-hydrogen) atoms. The zero-order valence-corrected chi connectivity index (χ0v) is 26.7. The van der Waals surface area contributed by atoms with Crippen molar-refractivity contribution in [1.29, 1.82) is 0 Å². The van der Waals surface area contributed by atoms with Crippen LogP contribution in [0.15, 0.2) is 54.9 Å². The molecule has 0 N–H and O–H groups in total. The molecule has 12 heteroatoms. The predicted octanol–water partition coefficient (Wildman–Crippen LogP) is 5.58. The first kappa shape index (κ1) is 30.6. The van der Waals surface area contributed by atoms with E-state index in [1.807, 2.05) is 34.9 Å². The minimum absolute atomic E-state index is 0.0181. The van der Waals surface area contributed by atoms with Crippen molar-refractivity contribution in [2.75, 3.05) is 32.8 Å². The van der Waals surface area contributed by atoms with Gasteiger partial charge in [0, 0.05) is 18.7 Å². The van der Waals surface area contributed by atoms with Crippen LogP contribution in [0.2, 0.25) is 5.02 Å². The Hall–Kier alpha value is -4.38. The highest BCUT2D eigenvalue weighted by Gasteiger charge is 2.41. The number of ether oxygens (including phenoxy) is 3. The number of hydrogen-bond donors (Lipinski definition) is 0. The second kappa shape index (κ2) is 12.2. The van der Waals surface area contributed by atoms with Crippen molar-refractivity contribution in [3.8, 4) is 23.0 Å². The lowest BCUT2D eigenvalue weighted by Gasteiger charge is -2.35. The van der Waals surface area contributed by atoms with Crippen LogP contribution in [0.25, 0.3) is 22.6 Å². The van der Waals surface area contributed by atoms with Crippen LogP contribution in [0.5, 0.6) is 11.6 Å². The third-order valence-electron chi connectivity index (χ3n) is 7.76. The summed E-state index contributed by atoms with van der Waals surface area (Å²) in [5.74, 6) is 1.53. The Kier molecular flexibility index (Phi) is 8.30. The quantitative estimate of drug-likeness (QED) is 0.235. The van der Waals surface area contributed by atoms with E-state index in [9.17, 15) is 9.59 Å². The molecule has 1 saturated heterocycles. The summed E-state index contributed by atoms with van der Waals surface area (Å²) in [6, 6.07) is 15.6. The molecule has 4 aromatic rings. The summed E-state index contributed by atoms with van der Waals surface area (Å²) in [5, 5.41) is 0.462. The third-order valence-corrected chi connectivity index (χ3v) is 8.07. The van der Waals surface area contributed by atoms with Crippen LogP contribution < -0.4 is 9.47 Å². The summed E-state index contributed by atoms with van der Waals surface area (Å²) >= 11 is 6.85. The number of imidazole rings is 1. The Bertz CT molecular complexity index is 1720. The fourth-order valence-electron chi connectivity index (χ4n) is 5.09. The zero-order chi connectivity index (χ0) is 31.8. The number of carbonyl (C=O) groups is 2. The Balaban J connectivity index is 1.16. The van der Waals surface area contributed by atoms with E-state index in [-0.39, 0.29) is 24.7 Å². The van der Waals surface area contributed by atoms with Gasteiger partial charge in [-0.15, -0.1) is 0 Å². The first-order valence-corrected chi connectivity index (χ1v) is 15.5. The van der Waals surface area contributed by atoms with Crippen molar-refractivity contribution in [3.63, 3.8) is 0 Å². The number of nitrogens with zero attached hydrogens (tertiary/aromatic N) is 6. The van der Waals surface area contributed by atoms with Gasteiger partial charge in [-0.3, -0.25) is 9.69 Å². The molecule has 0 bridgehead atoms. The van der Waals surface area contributed by atoms with Crippen molar-refractivity contribution in [2.45, 2.75) is 58.3 Å². The second-order valence-electron chi connectivity index (χ2n) is 12.7. The average molecular weight is 633 g/mol. The van der Waals surface area contributed by atoms with Gasteiger partial charge in [0.1, 0.15) is 42.3 Å². The molecule has 6 rings (SSSR count). The monoisotopic (exact) mass is 632 g/mol. The van der Waals surface area contributed by atoms with Crippen LogP contribution in [-0.2, 0) is 16.1 Å². The highest BCUT2D eigenvalue weighted by molar-refractivity contribution is 6.33. The highest BCUT2D eigenvalue weighted by Crippen LogP contribution is 2.41. The number of halogens is 1. The van der Waals surface area contributed by atoms with Gasteiger partial charge in [0.2, 0.25) is 11.8 Å². The summed E-state index contributed by atoms with van der Waals surface area (Å²) in [5.41, 5.74) is 2.22. The number of rotatable bonds is 9. The summed E-state index contributed by atoms with van der Waals surface area (Å²) in [6.07, 6.45) is 2.98. The summed E-state index contributed by atoms with van der Waals surface area (Å²) in [4.78, 5) is 42.1. The molecule has 0 spiro atoms. The molecule has 0 atom stereocenters. The van der Waals surface area contributed by atoms with E-state index in [1.54, 1.807) is 31.7 Å². The van der Waals surface area contributed by atoms with E-state index in [2.05, 4.69) is 29.0 Å². The Labute approximate surface area is 267 Å². The number of hydrogen-bond acceptors (Lipinski definition) is 8. The molecule has 2 fully saturated rings. The molecule has 2 aromatic carbocycles. The standard InChI is InChI=1S/C33H37ClN6O5/c1-32(2,3)45-31(42)39-15-14-38(26(41)20-39)16-17-43-23-10-11-24(25(34)18-23)28-37-27-29(40(28)19-22-8-6-5-7-9-22)35-21-36-30(27)44-33(4)12-13-33/h5-11,18,21H,12-17,19-20H2,1-4H3. The van der Waals surface area contributed by atoms with E-state index >= 15 is 0 Å². The molecule has 3 heterocycles. The van der Waals surface area contributed by atoms with Crippen molar-refractivity contribution in [1.82, 2.24) is 29.3 Å². The fourth-order valence-corrected chi connectivity index (χ4v) is 5.35. The smallest absolute Gasteiger partial charge is 0.410 e. The van der Waals surface area contributed by atoms with E-state index in [4.69, 9.17) is 30.8 Å². The fraction of sp³-hybridized carbons (Fsp3) is 0.424. The minimum atomic E-state index is -0.615. The molecule has 2 aliphatic rings. The molecular weight excluding hydrogens is 596 g/mol. The van der Waals surface area contributed by atoms with E-state index in [1.165, 1.54) is 11.2 Å². The van der Waals surface area contributed by atoms with E-state index < -0.39 is 11.7 Å². The average Bonchev–Trinajstić information content (AvgIpc) is 3.61. The predicted molar refractivity (Wildman–Crippen MR) is 169 cm³/mol. The van der Waals surface area contributed by atoms with Crippen molar-refractivity contribution in [2.24, 2.45) is 0 Å². The van der Waals surface area contributed by atoms with Crippen LogP contribution in [0.1, 0.15) is 46.1 Å². The summed E-state index contributed by atoms with van der Waals surface area (Å²) in [7, 11) is 0. The molecule has 1 saturated carbocycles. The Morgan fingerprint density at radius 1 is 1.07 bits per heavy atom. The van der Waals surface area contributed by atoms with Gasteiger partial charge >= 0.3 is 6.09 Å². The molecule has 0 radical (unpaired) electrons. The van der Waals surface area contributed by atoms with Gasteiger partial charge < -0.3 is 23.7 Å². The van der Waals surface area contributed by atoms with Gasteiger partial charge in [0.15, 0.2) is 11.2 Å². The second-order valence-corrected chi connectivity index (χ2v) is 13.1. The maximum Gasteiger partial charge on any atom is 0.410 e. The normalized spacial score (nSPS) is 16.2. The van der Waals surface area contributed by atoms with Crippen molar-refractivity contribution < 1.29 is 23.8 Å². The van der Waals surface area contributed by atoms with Gasteiger partial charge in [-0.2, -0.15) is 4.98 Å². The third kappa shape index (κ3) is 7.14. The molecule has 11 nitrogen and oxygen atoms in total. The SMILES string of the molecule is CC(C)(C)OC(=O)N1CCN(CCOc2ccc(-c3nc4c(OC5(C)CC5)ncnc4n3Cc3ccccc3)c(Cl)c2)C(=O)C1. The van der Waals surface area contributed by atoms with Gasteiger partial charge in [0.25, 0.3) is 0 Å². The number of benzene rings is 2. The molecule has 2 aromatic heterocycles. The lowest BCUT2D eigenvalue weighted by molar-refractivity contribution is -0.136. The molecular formula is C33H37ClN6O5. The van der Waals surface area contributed by atoms with Crippen molar-refractivity contribution in [3.05, 3.63) is 65.4 Å².